The maximum Gasteiger partial charge on any atom is 0.0123 e. The molecule has 0 spiro atoms. The van der Waals surface area contributed by atoms with Crippen molar-refractivity contribution in [2.24, 2.45) is 29.6 Å². The predicted octanol–water partition coefficient (Wildman–Crippen LogP) is 5.36. The van der Waals surface area contributed by atoms with Crippen LogP contribution in [-0.2, 0) is 0 Å². The number of hydrogen-bond donors (Lipinski definition) is 0. The second-order valence-electron chi connectivity index (χ2n) is 9.21. The van der Waals surface area contributed by atoms with Crippen LogP contribution < -0.4 is 0 Å². The topological polar surface area (TPSA) is 3.24 Å². The molecule has 4 aliphatic carbocycles. The molecule has 1 nitrogen and oxygen atoms in total. The van der Waals surface area contributed by atoms with E-state index in [2.05, 4.69) is 36.3 Å². The highest BCUT2D eigenvalue weighted by molar-refractivity contribution is 5.34. The molecule has 0 bridgehead atoms. The molecule has 24 heavy (non-hydrogen) atoms. The first-order chi connectivity index (χ1) is 11.8. The Morgan fingerprint density at radius 2 is 1.96 bits per heavy atom. The van der Waals surface area contributed by atoms with Crippen molar-refractivity contribution in [3.05, 3.63) is 35.5 Å². The minimum Gasteiger partial charge on any atom is -0.303 e. The van der Waals surface area contributed by atoms with Crippen LogP contribution in [0.5, 0.6) is 0 Å². The minimum absolute atomic E-state index is 0.799. The minimum atomic E-state index is 0.799. The summed E-state index contributed by atoms with van der Waals surface area (Å²) < 4.78 is 0. The lowest BCUT2D eigenvalue weighted by Gasteiger charge is -2.49. The van der Waals surface area contributed by atoms with Gasteiger partial charge in [-0.25, -0.2) is 0 Å². The molecule has 6 unspecified atom stereocenters. The summed E-state index contributed by atoms with van der Waals surface area (Å²) in [6, 6.07) is 0.871. The van der Waals surface area contributed by atoms with Crippen LogP contribution in [0.2, 0.25) is 0 Å². The molecule has 0 aromatic heterocycles. The smallest absolute Gasteiger partial charge is 0.0123 e. The molecule has 0 radical (unpaired) electrons. The summed E-state index contributed by atoms with van der Waals surface area (Å²) in [5, 5.41) is 0. The molecule has 130 valence electrons. The summed E-state index contributed by atoms with van der Waals surface area (Å²) in [6.07, 6.45) is 22.9. The second kappa shape index (κ2) is 6.16. The van der Waals surface area contributed by atoms with Gasteiger partial charge in [-0.3, -0.25) is 0 Å². The first-order valence-corrected chi connectivity index (χ1v) is 10.6. The van der Waals surface area contributed by atoms with Crippen LogP contribution in [0.4, 0.5) is 0 Å². The molecular weight excluding hydrogens is 290 g/mol. The summed E-state index contributed by atoms with van der Waals surface area (Å²) in [6.45, 7) is 1.33. The first-order valence-electron chi connectivity index (χ1n) is 10.6. The standard InChI is InChI=1S/C23H33N/c1-24-14-3-2-7-23(24)18-10-11-20-17(15-18)9-13-21-19-6-4-5-16(19)8-12-22(20)21/h4-6,9,16,18,20-23H,2-3,7-8,10-15H2,1H3. The highest BCUT2D eigenvalue weighted by atomic mass is 15.1. The van der Waals surface area contributed by atoms with Crippen LogP contribution >= 0.6 is 0 Å². The average molecular weight is 324 g/mol. The van der Waals surface area contributed by atoms with Crippen LogP contribution in [0.3, 0.4) is 0 Å². The molecule has 1 aliphatic heterocycles. The van der Waals surface area contributed by atoms with E-state index in [4.69, 9.17) is 0 Å². The van der Waals surface area contributed by atoms with Crippen molar-refractivity contribution in [3.8, 4) is 0 Å². The highest BCUT2D eigenvalue weighted by Crippen LogP contribution is 2.54. The number of fused-ring (bicyclic) bond motifs is 5. The van der Waals surface area contributed by atoms with E-state index in [1.165, 1.54) is 64.3 Å². The van der Waals surface area contributed by atoms with Crippen molar-refractivity contribution < 1.29 is 0 Å². The van der Waals surface area contributed by atoms with Gasteiger partial charge in [0.1, 0.15) is 0 Å². The van der Waals surface area contributed by atoms with Crippen molar-refractivity contribution in [1.29, 1.82) is 0 Å². The van der Waals surface area contributed by atoms with Gasteiger partial charge >= 0.3 is 0 Å². The average Bonchev–Trinajstić information content (AvgIpc) is 3.10. The van der Waals surface area contributed by atoms with Crippen molar-refractivity contribution in [1.82, 2.24) is 4.90 Å². The Morgan fingerprint density at radius 3 is 2.88 bits per heavy atom. The Morgan fingerprint density at radius 1 is 1.00 bits per heavy atom. The van der Waals surface area contributed by atoms with E-state index in [9.17, 15) is 0 Å². The third kappa shape index (κ3) is 2.46. The number of hydrogen-bond acceptors (Lipinski definition) is 1. The Bertz CT molecular complexity index is 583. The number of allylic oxidation sites excluding steroid dienone is 6. The molecule has 2 saturated carbocycles. The van der Waals surface area contributed by atoms with E-state index in [1.54, 1.807) is 5.57 Å². The number of piperidine rings is 1. The maximum absolute atomic E-state index is 2.70. The van der Waals surface area contributed by atoms with Gasteiger partial charge in [-0.15, -0.1) is 0 Å². The van der Waals surface area contributed by atoms with E-state index in [1.807, 2.05) is 5.57 Å². The Hall–Kier alpha value is -0.820. The van der Waals surface area contributed by atoms with E-state index in [-0.39, 0.29) is 0 Å². The number of nitrogens with zero attached hydrogens (tertiary/aromatic N) is 1. The number of rotatable bonds is 1. The van der Waals surface area contributed by atoms with Crippen LogP contribution in [-0.4, -0.2) is 24.5 Å². The van der Waals surface area contributed by atoms with E-state index >= 15 is 0 Å². The Labute approximate surface area is 147 Å². The summed E-state index contributed by atoms with van der Waals surface area (Å²) in [5.41, 5.74) is 3.66. The van der Waals surface area contributed by atoms with Crippen molar-refractivity contribution >= 4 is 0 Å². The van der Waals surface area contributed by atoms with Gasteiger partial charge in [-0.2, -0.15) is 0 Å². The van der Waals surface area contributed by atoms with Gasteiger partial charge in [0.15, 0.2) is 0 Å². The second-order valence-corrected chi connectivity index (χ2v) is 9.21. The summed E-state index contributed by atoms with van der Waals surface area (Å²) >= 11 is 0. The lowest BCUT2D eigenvalue weighted by atomic mass is 9.57. The third-order valence-electron chi connectivity index (χ3n) is 8.16. The lowest BCUT2D eigenvalue weighted by molar-refractivity contribution is 0.0901. The Kier molecular flexibility index (Phi) is 3.96. The van der Waals surface area contributed by atoms with Crippen molar-refractivity contribution in [2.45, 2.75) is 63.8 Å². The SMILES string of the molecule is CN1CCCCC1C1CCC2C(=CCC3C4=CC=CC4CCC23)C1. The quantitative estimate of drug-likeness (QED) is 0.587. The van der Waals surface area contributed by atoms with Gasteiger partial charge < -0.3 is 4.90 Å². The summed E-state index contributed by atoms with van der Waals surface area (Å²) in [5.74, 6) is 4.52. The zero-order chi connectivity index (χ0) is 16.1. The Balaban J connectivity index is 1.33. The molecular formula is C23H33N. The van der Waals surface area contributed by atoms with Gasteiger partial charge in [0.2, 0.25) is 0 Å². The molecule has 5 rings (SSSR count). The molecule has 3 fully saturated rings. The zero-order valence-electron chi connectivity index (χ0n) is 15.3. The van der Waals surface area contributed by atoms with E-state index < -0.39 is 0 Å². The molecule has 6 atom stereocenters. The fourth-order valence-corrected chi connectivity index (χ4v) is 6.97. The molecule has 1 saturated heterocycles. The van der Waals surface area contributed by atoms with Crippen molar-refractivity contribution in [2.75, 3.05) is 13.6 Å². The van der Waals surface area contributed by atoms with Crippen molar-refractivity contribution in [3.63, 3.8) is 0 Å². The highest BCUT2D eigenvalue weighted by Gasteiger charge is 2.44. The molecule has 0 N–H and O–H groups in total. The fraction of sp³-hybridized carbons (Fsp3) is 0.739. The van der Waals surface area contributed by atoms with Gasteiger partial charge in [-0.05, 0) is 94.5 Å². The van der Waals surface area contributed by atoms with Crippen LogP contribution in [0.1, 0.15) is 57.8 Å². The van der Waals surface area contributed by atoms with Crippen LogP contribution in [0, 0.1) is 29.6 Å². The van der Waals surface area contributed by atoms with Gasteiger partial charge in [0.05, 0.1) is 0 Å². The van der Waals surface area contributed by atoms with Gasteiger partial charge in [0, 0.05) is 6.04 Å². The first kappa shape index (κ1) is 15.4. The molecule has 1 heterocycles. The normalized spacial score (nSPS) is 45.0. The molecule has 0 aromatic carbocycles. The summed E-state index contributed by atoms with van der Waals surface area (Å²) in [7, 11) is 2.38. The molecule has 0 amide bonds. The summed E-state index contributed by atoms with van der Waals surface area (Å²) in [4.78, 5) is 2.68. The molecule has 5 aliphatic rings. The van der Waals surface area contributed by atoms with E-state index in [0.717, 1.165) is 35.6 Å². The molecule has 0 aromatic rings. The van der Waals surface area contributed by atoms with Crippen LogP contribution in [0.15, 0.2) is 35.5 Å². The zero-order valence-corrected chi connectivity index (χ0v) is 15.3. The third-order valence-corrected chi connectivity index (χ3v) is 8.16. The van der Waals surface area contributed by atoms with Gasteiger partial charge in [0.25, 0.3) is 0 Å². The number of likely N-dealkylation sites (tertiary alicyclic amines) is 1. The molecule has 1 heteroatoms. The maximum atomic E-state index is 2.70. The largest absolute Gasteiger partial charge is 0.303 e. The predicted molar refractivity (Wildman–Crippen MR) is 101 cm³/mol. The fourth-order valence-electron chi connectivity index (χ4n) is 6.97. The monoisotopic (exact) mass is 323 g/mol. The lowest BCUT2D eigenvalue weighted by Crippen LogP contribution is -2.44. The van der Waals surface area contributed by atoms with E-state index in [0.29, 0.717) is 0 Å². The van der Waals surface area contributed by atoms with Gasteiger partial charge in [-0.1, -0.05) is 41.9 Å². The van der Waals surface area contributed by atoms with Crippen LogP contribution in [0.25, 0.3) is 0 Å².